The van der Waals surface area contributed by atoms with Gasteiger partial charge in [-0.15, -0.1) is 0 Å². The fraction of sp³-hybridized carbons (Fsp3) is 0.111. The van der Waals surface area contributed by atoms with Crippen molar-refractivity contribution in [2.45, 2.75) is 0 Å². The van der Waals surface area contributed by atoms with Crippen molar-refractivity contribution < 1.29 is 14.5 Å². The average molecular weight is 302 g/mol. The van der Waals surface area contributed by atoms with E-state index in [1.54, 1.807) is 0 Å². The van der Waals surface area contributed by atoms with Crippen LogP contribution >= 0.6 is 15.9 Å². The van der Waals surface area contributed by atoms with Crippen molar-refractivity contribution >= 4 is 33.4 Å². The highest BCUT2D eigenvalue weighted by atomic mass is 79.9. The molecule has 90 valence electrons. The summed E-state index contributed by atoms with van der Waals surface area (Å²) in [6.07, 6.45) is 0. The van der Waals surface area contributed by atoms with E-state index in [2.05, 4.69) is 21.2 Å². The van der Waals surface area contributed by atoms with Crippen molar-refractivity contribution in [1.29, 1.82) is 0 Å². The first-order valence-corrected chi connectivity index (χ1v) is 5.21. The zero-order valence-corrected chi connectivity index (χ0v) is 10.1. The van der Waals surface area contributed by atoms with E-state index >= 15 is 0 Å². The second kappa shape index (κ2) is 5.39. The number of nitrogens with zero attached hydrogens (tertiary/aromatic N) is 1. The zero-order chi connectivity index (χ0) is 13.0. The molecule has 0 spiro atoms. The number of amides is 2. The first kappa shape index (κ1) is 13.1. The van der Waals surface area contributed by atoms with Crippen LogP contribution in [0.5, 0.6) is 0 Å². The van der Waals surface area contributed by atoms with Gasteiger partial charge in [-0.2, -0.15) is 0 Å². The first-order valence-electron chi connectivity index (χ1n) is 4.42. The number of carbonyl (C=O) groups is 2. The van der Waals surface area contributed by atoms with Crippen molar-refractivity contribution in [3.05, 3.63) is 38.3 Å². The van der Waals surface area contributed by atoms with E-state index in [9.17, 15) is 19.7 Å². The van der Waals surface area contributed by atoms with Crippen molar-refractivity contribution in [1.82, 2.24) is 5.32 Å². The van der Waals surface area contributed by atoms with Crippen molar-refractivity contribution in [3.63, 3.8) is 0 Å². The van der Waals surface area contributed by atoms with Crippen molar-refractivity contribution in [2.24, 2.45) is 5.73 Å². The van der Waals surface area contributed by atoms with Crippen LogP contribution in [0.15, 0.2) is 22.7 Å². The highest BCUT2D eigenvalue weighted by Crippen LogP contribution is 2.25. The number of nitro benzene ring substituents is 1. The smallest absolute Gasteiger partial charge is 0.284 e. The molecule has 0 saturated heterocycles. The first-order chi connectivity index (χ1) is 7.91. The molecule has 2 amide bonds. The zero-order valence-electron chi connectivity index (χ0n) is 8.47. The SMILES string of the molecule is NC(=O)CNC(=O)c1ccc(Br)c([N+](=O)[O-])c1. The maximum absolute atomic E-state index is 11.5. The van der Waals surface area contributed by atoms with Gasteiger partial charge < -0.3 is 11.1 Å². The van der Waals surface area contributed by atoms with Gasteiger partial charge >= 0.3 is 0 Å². The summed E-state index contributed by atoms with van der Waals surface area (Å²) >= 11 is 2.99. The van der Waals surface area contributed by atoms with Crippen LogP contribution in [0.2, 0.25) is 0 Å². The van der Waals surface area contributed by atoms with Crippen LogP contribution in [0, 0.1) is 10.1 Å². The number of hydrogen-bond donors (Lipinski definition) is 2. The standard InChI is InChI=1S/C9H8BrN3O4/c10-6-2-1-5(3-7(6)13(16)17)9(15)12-4-8(11)14/h1-3H,4H2,(H2,11,14)(H,12,15). The number of nitro groups is 1. The molecule has 17 heavy (non-hydrogen) atoms. The van der Waals surface area contributed by atoms with E-state index in [1.807, 2.05) is 0 Å². The van der Waals surface area contributed by atoms with E-state index in [1.165, 1.54) is 12.1 Å². The summed E-state index contributed by atoms with van der Waals surface area (Å²) in [6, 6.07) is 3.89. The molecule has 0 radical (unpaired) electrons. The molecule has 3 N–H and O–H groups in total. The Labute approximate surface area is 104 Å². The van der Waals surface area contributed by atoms with Gasteiger partial charge in [-0.3, -0.25) is 19.7 Å². The van der Waals surface area contributed by atoms with Gasteiger partial charge in [0, 0.05) is 11.6 Å². The Morgan fingerprint density at radius 1 is 1.47 bits per heavy atom. The topological polar surface area (TPSA) is 115 Å². The summed E-state index contributed by atoms with van der Waals surface area (Å²) in [5.74, 6) is -1.29. The van der Waals surface area contributed by atoms with E-state index < -0.39 is 16.7 Å². The number of rotatable bonds is 4. The van der Waals surface area contributed by atoms with Crippen LogP contribution in [-0.2, 0) is 4.79 Å². The highest BCUT2D eigenvalue weighted by molar-refractivity contribution is 9.10. The normalized spacial score (nSPS) is 9.71. The Balaban J connectivity index is 2.92. The quantitative estimate of drug-likeness (QED) is 0.625. The number of carbonyl (C=O) groups excluding carboxylic acids is 2. The van der Waals surface area contributed by atoms with Gasteiger partial charge in [0.05, 0.1) is 15.9 Å². The predicted molar refractivity (Wildman–Crippen MR) is 62.3 cm³/mol. The molecule has 0 aliphatic heterocycles. The molecular formula is C9H8BrN3O4. The van der Waals surface area contributed by atoms with E-state index in [0.29, 0.717) is 0 Å². The minimum atomic E-state index is -0.690. The number of nitrogens with one attached hydrogen (secondary N) is 1. The molecule has 8 heteroatoms. The molecule has 0 atom stereocenters. The maximum Gasteiger partial charge on any atom is 0.284 e. The van der Waals surface area contributed by atoms with E-state index in [4.69, 9.17) is 5.73 Å². The second-order valence-electron chi connectivity index (χ2n) is 3.07. The van der Waals surface area contributed by atoms with Gasteiger partial charge in [0.15, 0.2) is 0 Å². The van der Waals surface area contributed by atoms with Crippen molar-refractivity contribution in [2.75, 3.05) is 6.54 Å². The van der Waals surface area contributed by atoms with Crippen LogP contribution in [0.25, 0.3) is 0 Å². The molecule has 0 aromatic heterocycles. The van der Waals surface area contributed by atoms with Crippen molar-refractivity contribution in [3.8, 4) is 0 Å². The van der Waals surface area contributed by atoms with Crippen LogP contribution in [-0.4, -0.2) is 23.3 Å². The van der Waals surface area contributed by atoms with Gasteiger partial charge in [0.25, 0.3) is 11.6 Å². The largest absolute Gasteiger partial charge is 0.368 e. The summed E-state index contributed by atoms with van der Waals surface area (Å²) in [7, 11) is 0. The summed E-state index contributed by atoms with van der Waals surface area (Å²) < 4.78 is 0.272. The monoisotopic (exact) mass is 301 g/mol. The number of benzene rings is 1. The molecule has 0 unspecified atom stereocenters. The molecule has 1 rings (SSSR count). The Morgan fingerprint density at radius 2 is 2.12 bits per heavy atom. The Kier molecular flexibility index (Phi) is 4.16. The fourth-order valence-corrected chi connectivity index (χ4v) is 1.45. The molecule has 1 aromatic carbocycles. The molecule has 0 aliphatic carbocycles. The number of nitrogens with two attached hydrogens (primary N) is 1. The third-order valence-electron chi connectivity index (χ3n) is 1.83. The summed E-state index contributed by atoms with van der Waals surface area (Å²) in [5, 5.41) is 12.9. The number of halogens is 1. The maximum atomic E-state index is 11.5. The van der Waals surface area contributed by atoms with Gasteiger partial charge in [-0.1, -0.05) is 0 Å². The fourth-order valence-electron chi connectivity index (χ4n) is 1.06. The summed E-state index contributed by atoms with van der Waals surface area (Å²) in [6.45, 7) is -0.317. The predicted octanol–water partition coefficient (Wildman–Crippen LogP) is 0.572. The second-order valence-corrected chi connectivity index (χ2v) is 3.93. The number of hydrogen-bond acceptors (Lipinski definition) is 4. The molecule has 0 aliphatic rings. The summed E-state index contributed by atoms with van der Waals surface area (Å²) in [5.41, 5.74) is 4.71. The lowest BCUT2D eigenvalue weighted by Gasteiger charge is -2.03. The number of primary amides is 1. The van der Waals surface area contributed by atoms with E-state index in [0.717, 1.165) is 6.07 Å². The average Bonchev–Trinajstić information content (AvgIpc) is 2.26. The van der Waals surface area contributed by atoms with Crippen LogP contribution < -0.4 is 11.1 Å². The van der Waals surface area contributed by atoms with Crippen LogP contribution in [0.3, 0.4) is 0 Å². The minimum Gasteiger partial charge on any atom is -0.368 e. The third kappa shape index (κ3) is 3.52. The molecule has 1 aromatic rings. The third-order valence-corrected chi connectivity index (χ3v) is 2.50. The molecule has 7 nitrogen and oxygen atoms in total. The lowest BCUT2D eigenvalue weighted by atomic mass is 10.2. The molecule has 0 bridgehead atoms. The Morgan fingerprint density at radius 3 is 2.65 bits per heavy atom. The lowest BCUT2D eigenvalue weighted by molar-refractivity contribution is -0.385. The van der Waals surface area contributed by atoms with Crippen LogP contribution in [0.4, 0.5) is 5.69 Å². The minimum absolute atomic E-state index is 0.0844. The van der Waals surface area contributed by atoms with Gasteiger partial charge in [-0.25, -0.2) is 0 Å². The molecular weight excluding hydrogens is 294 g/mol. The summed E-state index contributed by atoms with van der Waals surface area (Å²) in [4.78, 5) is 32.0. The Hall–Kier alpha value is -1.96. The molecule has 0 heterocycles. The lowest BCUT2D eigenvalue weighted by Crippen LogP contribution is -2.33. The van der Waals surface area contributed by atoms with Gasteiger partial charge in [0.1, 0.15) is 0 Å². The molecule has 0 saturated carbocycles. The Bertz CT molecular complexity index is 489. The van der Waals surface area contributed by atoms with Crippen LogP contribution in [0.1, 0.15) is 10.4 Å². The highest BCUT2D eigenvalue weighted by Gasteiger charge is 2.15. The van der Waals surface area contributed by atoms with Gasteiger partial charge in [0.2, 0.25) is 5.91 Å². The van der Waals surface area contributed by atoms with E-state index in [-0.39, 0.29) is 22.3 Å². The van der Waals surface area contributed by atoms with Gasteiger partial charge in [-0.05, 0) is 28.1 Å². The molecule has 0 fully saturated rings.